The predicted octanol–water partition coefficient (Wildman–Crippen LogP) is 2.41. The van der Waals surface area contributed by atoms with Crippen molar-refractivity contribution in [2.45, 2.75) is 40.2 Å². The van der Waals surface area contributed by atoms with E-state index in [0.717, 1.165) is 12.1 Å². The average Bonchev–Trinajstić information content (AvgIpc) is 3.28. The Morgan fingerprint density at radius 1 is 1.23 bits per heavy atom. The lowest BCUT2D eigenvalue weighted by molar-refractivity contribution is 0.0986. The number of nitrogens with zero attached hydrogens (tertiary/aromatic N) is 4. The lowest BCUT2D eigenvalue weighted by atomic mass is 10.1. The van der Waals surface area contributed by atoms with Gasteiger partial charge in [0, 0.05) is 31.0 Å². The van der Waals surface area contributed by atoms with E-state index in [2.05, 4.69) is 10.1 Å². The summed E-state index contributed by atoms with van der Waals surface area (Å²) in [6.07, 6.45) is 4.99. The molecule has 31 heavy (non-hydrogen) atoms. The number of carbonyl (C=O) groups is 1. The molecule has 1 amide bonds. The Bertz CT molecular complexity index is 1140. The molecular formula is C22H28N6O3. The Morgan fingerprint density at radius 2 is 1.94 bits per heavy atom. The average molecular weight is 425 g/mol. The molecule has 0 aliphatic rings. The minimum Gasteiger partial charge on any atom is -0.383 e. The molecule has 0 saturated carbocycles. The summed E-state index contributed by atoms with van der Waals surface area (Å²) < 4.78 is 3.00. The highest BCUT2D eigenvalue weighted by molar-refractivity contribution is 6.07. The SMILES string of the molecule is CCCCN(C(=O)c1ccc(-n2cccn2)cc1)c1c(N)n(CC(C)C)c(=O)[nH]c1=O. The van der Waals surface area contributed by atoms with Crippen LogP contribution in [-0.2, 0) is 6.54 Å². The van der Waals surface area contributed by atoms with Crippen LogP contribution in [0, 0.1) is 5.92 Å². The molecule has 2 heterocycles. The van der Waals surface area contributed by atoms with Gasteiger partial charge in [-0.1, -0.05) is 27.2 Å². The lowest BCUT2D eigenvalue weighted by Gasteiger charge is -2.25. The van der Waals surface area contributed by atoms with Crippen molar-refractivity contribution < 1.29 is 4.79 Å². The normalized spacial score (nSPS) is 11.1. The number of H-pyrrole nitrogens is 1. The number of nitrogens with one attached hydrogen (secondary N) is 1. The Balaban J connectivity index is 2.03. The summed E-state index contributed by atoms with van der Waals surface area (Å²) >= 11 is 0. The number of hydrogen-bond acceptors (Lipinski definition) is 5. The van der Waals surface area contributed by atoms with Gasteiger partial charge in [-0.2, -0.15) is 5.10 Å². The van der Waals surface area contributed by atoms with Crippen molar-refractivity contribution in [1.29, 1.82) is 0 Å². The third kappa shape index (κ3) is 4.76. The number of rotatable bonds is 8. The van der Waals surface area contributed by atoms with Crippen molar-refractivity contribution in [3.05, 3.63) is 69.1 Å². The molecular weight excluding hydrogens is 396 g/mol. The van der Waals surface area contributed by atoms with Gasteiger partial charge in [-0.05, 0) is 42.7 Å². The molecule has 0 saturated heterocycles. The van der Waals surface area contributed by atoms with E-state index in [4.69, 9.17) is 5.73 Å². The van der Waals surface area contributed by atoms with E-state index >= 15 is 0 Å². The number of aromatic nitrogens is 4. The van der Waals surface area contributed by atoms with Crippen molar-refractivity contribution in [1.82, 2.24) is 19.3 Å². The van der Waals surface area contributed by atoms with Crippen LogP contribution in [-0.4, -0.2) is 31.8 Å². The van der Waals surface area contributed by atoms with E-state index in [-0.39, 0.29) is 23.3 Å². The monoisotopic (exact) mass is 424 g/mol. The fourth-order valence-electron chi connectivity index (χ4n) is 3.35. The number of aromatic amines is 1. The van der Waals surface area contributed by atoms with Gasteiger partial charge in [0.15, 0.2) is 5.69 Å². The molecule has 3 N–H and O–H groups in total. The molecule has 0 bridgehead atoms. The predicted molar refractivity (Wildman–Crippen MR) is 121 cm³/mol. The van der Waals surface area contributed by atoms with Crippen molar-refractivity contribution in [3.63, 3.8) is 0 Å². The van der Waals surface area contributed by atoms with Crippen LogP contribution in [0.2, 0.25) is 0 Å². The van der Waals surface area contributed by atoms with Crippen LogP contribution in [0.5, 0.6) is 0 Å². The smallest absolute Gasteiger partial charge is 0.330 e. The van der Waals surface area contributed by atoms with Crippen molar-refractivity contribution >= 4 is 17.4 Å². The summed E-state index contributed by atoms with van der Waals surface area (Å²) in [4.78, 5) is 42.0. The highest BCUT2D eigenvalue weighted by Gasteiger charge is 2.25. The maximum Gasteiger partial charge on any atom is 0.330 e. The van der Waals surface area contributed by atoms with Crippen LogP contribution in [0.4, 0.5) is 11.5 Å². The largest absolute Gasteiger partial charge is 0.383 e. The standard InChI is InChI=1S/C22H28N6O3/c1-4-5-12-26(18-19(23)27(14-15(2)3)22(31)25-20(18)29)21(30)16-7-9-17(10-8-16)28-13-6-11-24-28/h6-11,13,15H,4-5,12,14,23H2,1-3H3,(H,25,29,31). The molecule has 0 unspecified atom stereocenters. The van der Waals surface area contributed by atoms with E-state index < -0.39 is 11.2 Å². The Kier molecular flexibility index (Phi) is 6.74. The summed E-state index contributed by atoms with van der Waals surface area (Å²) in [6, 6.07) is 8.75. The first kappa shape index (κ1) is 22.1. The third-order valence-corrected chi connectivity index (χ3v) is 4.90. The Labute approximate surface area is 180 Å². The van der Waals surface area contributed by atoms with Gasteiger partial charge in [0.2, 0.25) is 0 Å². The van der Waals surface area contributed by atoms with Crippen LogP contribution < -0.4 is 21.9 Å². The maximum absolute atomic E-state index is 13.4. The molecule has 0 radical (unpaired) electrons. The number of unbranched alkanes of at least 4 members (excludes halogenated alkanes) is 1. The maximum atomic E-state index is 13.4. The van der Waals surface area contributed by atoms with E-state index in [0.29, 0.717) is 25.1 Å². The molecule has 9 heteroatoms. The molecule has 0 fully saturated rings. The summed E-state index contributed by atoms with van der Waals surface area (Å²) in [5.74, 6) is -0.221. The Morgan fingerprint density at radius 3 is 2.52 bits per heavy atom. The topological polar surface area (TPSA) is 119 Å². The van der Waals surface area contributed by atoms with Crippen LogP contribution in [0.3, 0.4) is 0 Å². The van der Waals surface area contributed by atoms with Gasteiger partial charge in [-0.15, -0.1) is 0 Å². The number of anilines is 2. The molecule has 3 rings (SSSR count). The summed E-state index contributed by atoms with van der Waals surface area (Å²) in [7, 11) is 0. The molecule has 164 valence electrons. The fourth-order valence-corrected chi connectivity index (χ4v) is 3.35. The highest BCUT2D eigenvalue weighted by atomic mass is 16.2. The number of carbonyl (C=O) groups excluding carboxylic acids is 1. The van der Waals surface area contributed by atoms with Crippen LogP contribution >= 0.6 is 0 Å². The second-order valence-electron chi connectivity index (χ2n) is 7.81. The number of nitrogens with two attached hydrogens (primary N) is 1. The van der Waals surface area contributed by atoms with Gasteiger partial charge in [0.1, 0.15) is 5.82 Å². The van der Waals surface area contributed by atoms with Crippen LogP contribution in [0.25, 0.3) is 5.69 Å². The van der Waals surface area contributed by atoms with Crippen LogP contribution in [0.15, 0.2) is 52.3 Å². The van der Waals surface area contributed by atoms with E-state index in [1.807, 2.05) is 33.0 Å². The summed E-state index contributed by atoms with van der Waals surface area (Å²) in [5.41, 5.74) is 6.23. The molecule has 3 aromatic rings. The van der Waals surface area contributed by atoms with Crippen molar-refractivity contribution in [3.8, 4) is 5.69 Å². The first-order valence-corrected chi connectivity index (χ1v) is 10.4. The molecule has 0 aliphatic carbocycles. The third-order valence-electron chi connectivity index (χ3n) is 4.90. The van der Waals surface area contributed by atoms with Gasteiger partial charge >= 0.3 is 5.69 Å². The van der Waals surface area contributed by atoms with Crippen molar-refractivity contribution in [2.75, 3.05) is 17.2 Å². The zero-order valence-electron chi connectivity index (χ0n) is 18.0. The van der Waals surface area contributed by atoms with Gasteiger partial charge < -0.3 is 10.6 Å². The quantitative estimate of drug-likeness (QED) is 0.575. The lowest BCUT2D eigenvalue weighted by Crippen LogP contribution is -2.42. The van der Waals surface area contributed by atoms with Gasteiger partial charge in [-0.3, -0.25) is 19.1 Å². The molecule has 0 spiro atoms. The van der Waals surface area contributed by atoms with Gasteiger partial charge in [0.25, 0.3) is 11.5 Å². The summed E-state index contributed by atoms with van der Waals surface area (Å²) in [5, 5.41) is 4.18. The zero-order valence-corrected chi connectivity index (χ0v) is 18.0. The van der Waals surface area contributed by atoms with E-state index in [9.17, 15) is 14.4 Å². The van der Waals surface area contributed by atoms with E-state index in [1.54, 1.807) is 35.1 Å². The van der Waals surface area contributed by atoms with Crippen LogP contribution in [0.1, 0.15) is 44.0 Å². The number of nitrogen functional groups attached to an aromatic ring is 1. The first-order chi connectivity index (χ1) is 14.8. The summed E-state index contributed by atoms with van der Waals surface area (Å²) in [6.45, 7) is 6.52. The molecule has 2 aromatic heterocycles. The van der Waals surface area contributed by atoms with E-state index in [1.165, 1.54) is 9.47 Å². The molecule has 0 aliphatic heterocycles. The second kappa shape index (κ2) is 9.46. The minimum atomic E-state index is -0.667. The molecule has 0 atom stereocenters. The molecule has 9 nitrogen and oxygen atoms in total. The van der Waals surface area contributed by atoms with Crippen molar-refractivity contribution in [2.24, 2.45) is 5.92 Å². The second-order valence-corrected chi connectivity index (χ2v) is 7.81. The number of hydrogen-bond donors (Lipinski definition) is 2. The zero-order chi connectivity index (χ0) is 22.5. The highest BCUT2D eigenvalue weighted by Crippen LogP contribution is 2.21. The number of benzene rings is 1. The Hall–Kier alpha value is -3.62. The minimum absolute atomic E-state index is 0.0000596. The van der Waals surface area contributed by atoms with Gasteiger partial charge in [0.05, 0.1) is 5.69 Å². The molecule has 1 aromatic carbocycles. The number of amides is 1. The fraction of sp³-hybridized carbons (Fsp3) is 0.364. The van der Waals surface area contributed by atoms with Gasteiger partial charge in [-0.25, -0.2) is 9.48 Å². The first-order valence-electron chi connectivity index (χ1n) is 10.4.